The smallest absolute Gasteiger partial charge is 0.408 e. The number of likely N-dealkylation sites (N-methyl/N-ethyl adjacent to an activating group) is 1. The zero-order valence-electron chi connectivity index (χ0n) is 24.6. The fraction of sp³-hybridized carbons (Fsp3) is 0.621. The Hall–Kier alpha value is -2.10. The van der Waals surface area contributed by atoms with Crippen LogP contribution >= 0.6 is 27.5 Å². The van der Waals surface area contributed by atoms with Crippen molar-refractivity contribution in [1.29, 1.82) is 0 Å². The third-order valence-electron chi connectivity index (χ3n) is 5.23. The van der Waals surface area contributed by atoms with E-state index in [2.05, 4.69) is 61.8 Å². The summed E-state index contributed by atoms with van der Waals surface area (Å²) in [6, 6.07) is -0.963. The van der Waals surface area contributed by atoms with Crippen molar-refractivity contribution in [3.63, 3.8) is 0 Å². The number of rotatable bonds is 12. The molecule has 0 aliphatic carbocycles. The molecule has 1 aliphatic heterocycles. The second kappa shape index (κ2) is 18.3. The van der Waals surface area contributed by atoms with Crippen molar-refractivity contribution >= 4 is 45.4 Å². The van der Waals surface area contributed by atoms with Gasteiger partial charge in [0.15, 0.2) is 0 Å². The van der Waals surface area contributed by atoms with Crippen molar-refractivity contribution in [1.82, 2.24) is 15.1 Å². The lowest BCUT2D eigenvalue weighted by Gasteiger charge is -2.34. The molecule has 1 saturated heterocycles. The fourth-order valence-electron chi connectivity index (χ4n) is 3.57. The van der Waals surface area contributed by atoms with E-state index >= 15 is 0 Å². The van der Waals surface area contributed by atoms with Gasteiger partial charge < -0.3 is 24.6 Å². The van der Waals surface area contributed by atoms with Crippen molar-refractivity contribution in [2.75, 3.05) is 33.4 Å². The van der Waals surface area contributed by atoms with Gasteiger partial charge in [0.25, 0.3) is 0 Å². The minimum atomic E-state index is -0.862. The molecule has 2 atom stereocenters. The van der Waals surface area contributed by atoms with Crippen LogP contribution in [0.2, 0.25) is 0 Å². The highest BCUT2D eigenvalue weighted by Crippen LogP contribution is 2.27. The summed E-state index contributed by atoms with van der Waals surface area (Å²) in [7, 11) is 1.53. The predicted molar refractivity (Wildman–Crippen MR) is 163 cm³/mol. The summed E-state index contributed by atoms with van der Waals surface area (Å²) < 4.78 is 11.3. The van der Waals surface area contributed by atoms with Crippen LogP contribution in [0.25, 0.3) is 0 Å². The summed E-state index contributed by atoms with van der Waals surface area (Å²) in [5.74, 6) is 0.166. The molecule has 222 valence electrons. The summed E-state index contributed by atoms with van der Waals surface area (Å²) in [5, 5.41) is 2.72. The maximum absolute atomic E-state index is 13.7. The van der Waals surface area contributed by atoms with Crippen LogP contribution in [0.1, 0.15) is 60.8 Å². The van der Waals surface area contributed by atoms with Crippen molar-refractivity contribution in [2.45, 2.75) is 78.5 Å². The number of hydrogen-bond donors (Lipinski definition) is 1. The Morgan fingerprint density at radius 1 is 1.23 bits per heavy atom. The summed E-state index contributed by atoms with van der Waals surface area (Å²) in [5.41, 5.74) is -0.0719. The molecule has 3 amide bonds. The number of likely N-dealkylation sites (tertiary alicyclic amines) is 1. The van der Waals surface area contributed by atoms with Crippen molar-refractivity contribution in [3.05, 3.63) is 47.0 Å². The molecule has 1 aliphatic rings. The van der Waals surface area contributed by atoms with Gasteiger partial charge in [0.1, 0.15) is 18.2 Å². The number of carbonyl (C=O) groups is 3. The molecule has 1 rings (SSSR count). The van der Waals surface area contributed by atoms with Gasteiger partial charge in [-0.3, -0.25) is 9.59 Å². The standard InChI is InChI=1S/C25H37BrClN3O5.C4H10/c1-8-12-34-16-20-10-9-11-30(20)23(32)21(14-19(18(3)26)13-17(2)27)29(7)22(31)15-28-24(33)35-25(4,5)6;1-4(2)3/h8,13,20-21H,1-3,9-12,14-16H2,4-7H3,(H,28,33);4H,1-3H3/b19-13-;/t20?,21-;/m0./s1. The quantitative estimate of drug-likeness (QED) is 0.158. The molecule has 1 heterocycles. The second-order valence-corrected chi connectivity index (χ2v) is 12.4. The van der Waals surface area contributed by atoms with Crippen molar-refractivity contribution in [3.8, 4) is 0 Å². The van der Waals surface area contributed by atoms with Gasteiger partial charge in [0.05, 0.1) is 19.3 Å². The van der Waals surface area contributed by atoms with E-state index in [0.717, 1.165) is 18.8 Å². The molecule has 8 nitrogen and oxygen atoms in total. The van der Waals surface area contributed by atoms with E-state index in [4.69, 9.17) is 21.1 Å². The van der Waals surface area contributed by atoms with Crippen LogP contribution in [0, 0.1) is 5.92 Å². The average molecular weight is 633 g/mol. The predicted octanol–water partition coefficient (Wildman–Crippen LogP) is 6.17. The van der Waals surface area contributed by atoms with E-state index < -0.39 is 23.6 Å². The van der Waals surface area contributed by atoms with Gasteiger partial charge in [-0.05, 0) is 51.2 Å². The third-order valence-corrected chi connectivity index (χ3v) is 5.85. The molecule has 0 radical (unpaired) electrons. The number of alkyl carbamates (subject to hydrolysis) is 1. The molecule has 1 fully saturated rings. The Labute approximate surface area is 248 Å². The molecule has 39 heavy (non-hydrogen) atoms. The van der Waals surface area contributed by atoms with Gasteiger partial charge in [-0.25, -0.2) is 4.79 Å². The Balaban J connectivity index is 0.00000336. The first-order chi connectivity index (χ1) is 18.0. The van der Waals surface area contributed by atoms with E-state index in [9.17, 15) is 14.4 Å². The first-order valence-corrected chi connectivity index (χ1v) is 14.3. The normalized spacial score (nSPS) is 16.1. The van der Waals surface area contributed by atoms with Crippen molar-refractivity contribution in [2.24, 2.45) is 5.92 Å². The van der Waals surface area contributed by atoms with Gasteiger partial charge in [-0.1, -0.05) is 67.5 Å². The molecule has 0 aromatic carbocycles. The highest BCUT2D eigenvalue weighted by molar-refractivity contribution is 9.11. The number of nitrogens with one attached hydrogen (secondary N) is 1. The number of nitrogens with zero attached hydrogens (tertiary/aromatic N) is 2. The van der Waals surface area contributed by atoms with Crippen LogP contribution in [0.4, 0.5) is 4.79 Å². The summed E-state index contributed by atoms with van der Waals surface area (Å²) in [6.45, 7) is 23.9. The molecule has 0 spiro atoms. The van der Waals surface area contributed by atoms with E-state index in [0.29, 0.717) is 29.8 Å². The SMILES string of the molecule is C=CCOCC1CCCN1C(=O)[C@H](C/C(=C/C(=C)Cl)C(=C)Br)N(C)C(=O)CNC(=O)OC(C)(C)C.CC(C)C. The molecular weight excluding hydrogens is 586 g/mol. The van der Waals surface area contributed by atoms with E-state index in [1.807, 2.05) is 0 Å². The summed E-state index contributed by atoms with van der Waals surface area (Å²) >= 11 is 9.34. The first-order valence-electron chi connectivity index (χ1n) is 13.1. The van der Waals surface area contributed by atoms with E-state index in [1.54, 1.807) is 37.8 Å². The van der Waals surface area contributed by atoms with Crippen LogP contribution in [-0.4, -0.2) is 78.7 Å². The van der Waals surface area contributed by atoms with E-state index in [1.165, 1.54) is 11.9 Å². The Bertz CT molecular complexity index is 895. The lowest BCUT2D eigenvalue weighted by Crippen LogP contribution is -2.53. The zero-order chi connectivity index (χ0) is 30.3. The van der Waals surface area contributed by atoms with Gasteiger partial charge in [0.2, 0.25) is 11.8 Å². The minimum absolute atomic E-state index is 0.101. The van der Waals surface area contributed by atoms with Crippen LogP contribution < -0.4 is 5.32 Å². The topological polar surface area (TPSA) is 88.2 Å². The molecule has 1 N–H and O–H groups in total. The number of ether oxygens (including phenoxy) is 2. The zero-order valence-corrected chi connectivity index (χ0v) is 27.0. The maximum Gasteiger partial charge on any atom is 0.408 e. The highest BCUT2D eigenvalue weighted by Gasteiger charge is 2.37. The second-order valence-electron chi connectivity index (χ2n) is 11.0. The largest absolute Gasteiger partial charge is 0.444 e. The number of hydrogen-bond acceptors (Lipinski definition) is 5. The number of halogens is 2. The third kappa shape index (κ3) is 15.9. The maximum atomic E-state index is 13.7. The molecular formula is C29H47BrClN3O5. The average Bonchev–Trinajstić information content (AvgIpc) is 3.26. The van der Waals surface area contributed by atoms with Crippen LogP contribution in [0.5, 0.6) is 0 Å². The Morgan fingerprint density at radius 2 is 1.82 bits per heavy atom. The molecule has 0 aromatic heterocycles. The van der Waals surface area contributed by atoms with Crippen LogP contribution in [-0.2, 0) is 19.1 Å². The fourth-order valence-corrected chi connectivity index (χ4v) is 3.98. The monoisotopic (exact) mass is 631 g/mol. The molecule has 1 unspecified atom stereocenters. The molecule has 10 heteroatoms. The number of carbonyl (C=O) groups excluding carboxylic acids is 3. The van der Waals surface area contributed by atoms with Gasteiger partial charge in [0, 0.05) is 29.5 Å². The minimum Gasteiger partial charge on any atom is -0.444 e. The molecule has 0 bridgehead atoms. The molecule has 0 aromatic rings. The lowest BCUT2D eigenvalue weighted by atomic mass is 10.0. The summed E-state index contributed by atoms with van der Waals surface area (Å²) in [4.78, 5) is 41.8. The lowest BCUT2D eigenvalue weighted by molar-refractivity contribution is -0.145. The van der Waals surface area contributed by atoms with Crippen LogP contribution in [0.3, 0.4) is 0 Å². The highest BCUT2D eigenvalue weighted by atomic mass is 79.9. The Kier molecular flexibility index (Phi) is 17.3. The van der Waals surface area contributed by atoms with Crippen molar-refractivity contribution < 1.29 is 23.9 Å². The molecule has 0 saturated carbocycles. The van der Waals surface area contributed by atoms with Gasteiger partial charge in [-0.2, -0.15) is 0 Å². The first kappa shape index (κ1) is 36.9. The number of allylic oxidation sites excluding steroid dienone is 3. The summed E-state index contributed by atoms with van der Waals surface area (Å²) in [6.07, 6.45) is 4.34. The van der Waals surface area contributed by atoms with Crippen LogP contribution in [0.15, 0.2) is 47.0 Å². The number of amides is 3. The van der Waals surface area contributed by atoms with Gasteiger partial charge in [-0.15, -0.1) is 6.58 Å². The van der Waals surface area contributed by atoms with Gasteiger partial charge >= 0.3 is 6.09 Å². The Morgan fingerprint density at radius 3 is 2.31 bits per heavy atom. The van der Waals surface area contributed by atoms with E-state index in [-0.39, 0.29) is 29.9 Å².